The Kier molecular flexibility index (Phi) is 5.90. The van der Waals surface area contributed by atoms with Crippen molar-refractivity contribution in [3.8, 4) is 5.75 Å². The van der Waals surface area contributed by atoms with Crippen LogP contribution >= 0.6 is 11.6 Å². The molecule has 0 saturated carbocycles. The molecule has 1 rings (SSSR count). The van der Waals surface area contributed by atoms with E-state index in [4.69, 9.17) is 27.3 Å². The zero-order valence-electron chi connectivity index (χ0n) is 10.2. The molecule has 0 amide bonds. The average molecular weight is 313 g/mol. The van der Waals surface area contributed by atoms with Gasteiger partial charge in [0, 0.05) is 5.56 Å². The molecule has 5 nitrogen and oxygen atoms in total. The Morgan fingerprint density at radius 1 is 1.35 bits per heavy atom. The van der Waals surface area contributed by atoms with Crippen LogP contribution < -0.4 is 10.5 Å². The van der Waals surface area contributed by atoms with E-state index in [0.29, 0.717) is 11.3 Å². The molecule has 0 radical (unpaired) electrons. The first-order valence-electron chi connectivity index (χ1n) is 5.38. The van der Waals surface area contributed by atoms with Gasteiger partial charge in [0.05, 0.1) is 11.6 Å². The molecular formula is C11H12ClF3N2O3. The molecule has 1 aromatic rings. The molecule has 0 spiro atoms. The zero-order chi connectivity index (χ0) is 15.2. The number of nitrogens with zero attached hydrogens (tertiary/aromatic N) is 1. The van der Waals surface area contributed by atoms with Crippen LogP contribution in [0.1, 0.15) is 5.56 Å². The van der Waals surface area contributed by atoms with Gasteiger partial charge in [0.15, 0.2) is 5.84 Å². The lowest BCUT2D eigenvalue weighted by atomic mass is 10.2. The molecule has 0 aliphatic rings. The van der Waals surface area contributed by atoms with Crippen molar-refractivity contribution < 1.29 is 27.9 Å². The molecule has 0 heterocycles. The number of benzene rings is 1. The van der Waals surface area contributed by atoms with Gasteiger partial charge in [-0.1, -0.05) is 16.8 Å². The van der Waals surface area contributed by atoms with Gasteiger partial charge in [-0.05, 0) is 18.2 Å². The first kappa shape index (κ1) is 16.4. The number of halogens is 4. The van der Waals surface area contributed by atoms with E-state index in [1.165, 1.54) is 18.2 Å². The van der Waals surface area contributed by atoms with Crippen LogP contribution in [0.2, 0.25) is 5.02 Å². The van der Waals surface area contributed by atoms with E-state index in [1.54, 1.807) is 0 Å². The van der Waals surface area contributed by atoms with Crippen molar-refractivity contribution in [2.24, 2.45) is 10.9 Å². The predicted octanol–water partition coefficient (Wildman–Crippen LogP) is 2.39. The molecule has 0 atom stereocenters. The monoisotopic (exact) mass is 312 g/mol. The quantitative estimate of drug-likeness (QED) is 0.278. The van der Waals surface area contributed by atoms with Gasteiger partial charge >= 0.3 is 6.18 Å². The van der Waals surface area contributed by atoms with Crippen LogP contribution in [-0.4, -0.2) is 37.0 Å². The van der Waals surface area contributed by atoms with Crippen LogP contribution in [-0.2, 0) is 4.74 Å². The lowest BCUT2D eigenvalue weighted by molar-refractivity contribution is -0.175. The van der Waals surface area contributed by atoms with Crippen LogP contribution in [0.5, 0.6) is 5.75 Å². The van der Waals surface area contributed by atoms with Gasteiger partial charge in [0.1, 0.15) is 19.0 Å². The summed E-state index contributed by atoms with van der Waals surface area (Å²) >= 11 is 5.87. The second-order valence-corrected chi connectivity index (χ2v) is 4.05. The van der Waals surface area contributed by atoms with Crippen LogP contribution in [0.3, 0.4) is 0 Å². The number of rotatable bonds is 6. The smallest absolute Gasteiger partial charge is 0.411 e. The Labute approximate surface area is 117 Å². The topological polar surface area (TPSA) is 77.1 Å². The largest absolute Gasteiger partial charge is 0.491 e. The van der Waals surface area contributed by atoms with E-state index < -0.39 is 12.8 Å². The minimum atomic E-state index is -4.36. The summed E-state index contributed by atoms with van der Waals surface area (Å²) in [6, 6.07) is 4.35. The van der Waals surface area contributed by atoms with Crippen molar-refractivity contribution in [1.82, 2.24) is 0 Å². The van der Waals surface area contributed by atoms with Crippen molar-refractivity contribution in [2.45, 2.75) is 6.18 Å². The molecular weight excluding hydrogens is 301 g/mol. The number of amidine groups is 1. The van der Waals surface area contributed by atoms with Gasteiger partial charge in [0.25, 0.3) is 0 Å². The van der Waals surface area contributed by atoms with Gasteiger partial charge < -0.3 is 20.4 Å². The number of hydrogen-bond acceptors (Lipinski definition) is 4. The normalized spacial score (nSPS) is 12.5. The van der Waals surface area contributed by atoms with Crippen molar-refractivity contribution in [3.63, 3.8) is 0 Å². The molecule has 0 saturated heterocycles. The highest BCUT2D eigenvalue weighted by molar-refractivity contribution is 6.34. The minimum absolute atomic E-state index is 0.0602. The Morgan fingerprint density at radius 2 is 2.05 bits per heavy atom. The highest BCUT2D eigenvalue weighted by Gasteiger charge is 2.27. The van der Waals surface area contributed by atoms with Gasteiger partial charge in [-0.3, -0.25) is 0 Å². The van der Waals surface area contributed by atoms with E-state index in [-0.39, 0.29) is 24.1 Å². The summed E-state index contributed by atoms with van der Waals surface area (Å²) in [4.78, 5) is 0. The zero-order valence-corrected chi connectivity index (χ0v) is 10.9. The maximum Gasteiger partial charge on any atom is 0.411 e. The summed E-state index contributed by atoms with van der Waals surface area (Å²) in [5.41, 5.74) is 5.69. The summed E-state index contributed by atoms with van der Waals surface area (Å²) in [7, 11) is 0. The lowest BCUT2D eigenvalue weighted by Crippen LogP contribution is -2.19. The molecule has 0 aliphatic heterocycles. The molecule has 0 aliphatic carbocycles. The average Bonchev–Trinajstić information content (AvgIpc) is 2.36. The van der Waals surface area contributed by atoms with E-state index in [9.17, 15) is 13.2 Å². The van der Waals surface area contributed by atoms with Crippen molar-refractivity contribution in [3.05, 3.63) is 28.8 Å². The number of oxime groups is 1. The molecule has 112 valence electrons. The minimum Gasteiger partial charge on any atom is -0.491 e. The number of alkyl halides is 3. The third-order valence-electron chi connectivity index (χ3n) is 2.09. The molecule has 3 N–H and O–H groups in total. The van der Waals surface area contributed by atoms with Crippen molar-refractivity contribution in [2.75, 3.05) is 19.8 Å². The third-order valence-corrected chi connectivity index (χ3v) is 2.40. The van der Waals surface area contributed by atoms with Crippen molar-refractivity contribution >= 4 is 17.4 Å². The van der Waals surface area contributed by atoms with Crippen LogP contribution in [0.4, 0.5) is 13.2 Å². The van der Waals surface area contributed by atoms with Gasteiger partial charge in [-0.2, -0.15) is 13.2 Å². The van der Waals surface area contributed by atoms with Gasteiger partial charge in [0.2, 0.25) is 0 Å². The predicted molar refractivity (Wildman–Crippen MR) is 66.3 cm³/mol. The molecule has 0 unspecified atom stereocenters. The van der Waals surface area contributed by atoms with Gasteiger partial charge in [-0.25, -0.2) is 0 Å². The number of nitrogens with two attached hydrogens (primary N) is 1. The second kappa shape index (κ2) is 7.20. The van der Waals surface area contributed by atoms with Crippen LogP contribution in [0.25, 0.3) is 0 Å². The Hall–Kier alpha value is -1.67. The summed E-state index contributed by atoms with van der Waals surface area (Å²) in [6.07, 6.45) is -4.36. The second-order valence-electron chi connectivity index (χ2n) is 3.64. The summed E-state index contributed by atoms with van der Waals surface area (Å²) < 4.78 is 44.9. The summed E-state index contributed by atoms with van der Waals surface area (Å²) in [5.74, 6) is 0.176. The molecule has 20 heavy (non-hydrogen) atoms. The number of hydrogen-bond donors (Lipinski definition) is 2. The SMILES string of the molecule is N/C(=N/O)c1ccc(OCCOCC(F)(F)F)cc1Cl. The van der Waals surface area contributed by atoms with Crippen LogP contribution in [0.15, 0.2) is 23.4 Å². The Morgan fingerprint density at radius 3 is 2.60 bits per heavy atom. The third kappa shape index (κ3) is 5.54. The first-order chi connectivity index (χ1) is 9.33. The molecule has 0 fully saturated rings. The first-order valence-corrected chi connectivity index (χ1v) is 5.76. The van der Waals surface area contributed by atoms with E-state index in [1.807, 2.05) is 0 Å². The molecule has 0 aromatic heterocycles. The Bertz CT molecular complexity index is 480. The summed E-state index contributed by atoms with van der Waals surface area (Å²) in [6.45, 7) is -1.59. The van der Waals surface area contributed by atoms with Gasteiger partial charge in [-0.15, -0.1) is 0 Å². The molecule has 1 aromatic carbocycles. The van der Waals surface area contributed by atoms with E-state index in [0.717, 1.165) is 0 Å². The Balaban J connectivity index is 2.44. The molecule has 9 heteroatoms. The standard InChI is InChI=1S/C11H12ClF3N2O3/c12-9-5-7(1-2-8(9)10(16)17-18)20-4-3-19-6-11(13,14)15/h1-2,5,18H,3-4,6H2,(H2,16,17). The summed E-state index contributed by atoms with van der Waals surface area (Å²) in [5, 5.41) is 11.5. The fourth-order valence-corrected chi connectivity index (χ4v) is 1.52. The lowest BCUT2D eigenvalue weighted by Gasteiger charge is -2.10. The van der Waals surface area contributed by atoms with Crippen molar-refractivity contribution in [1.29, 1.82) is 0 Å². The highest BCUT2D eigenvalue weighted by Crippen LogP contribution is 2.22. The van der Waals surface area contributed by atoms with E-state index in [2.05, 4.69) is 9.89 Å². The fraction of sp³-hybridized carbons (Fsp3) is 0.364. The highest BCUT2D eigenvalue weighted by atomic mass is 35.5. The maximum atomic E-state index is 11.8. The van der Waals surface area contributed by atoms with E-state index >= 15 is 0 Å². The molecule has 0 bridgehead atoms. The maximum absolute atomic E-state index is 11.8. The van der Waals surface area contributed by atoms with Crippen LogP contribution in [0, 0.1) is 0 Å². The fourth-order valence-electron chi connectivity index (χ4n) is 1.25. The number of ether oxygens (including phenoxy) is 2.